The summed E-state index contributed by atoms with van der Waals surface area (Å²) in [6, 6.07) is 1.10. The minimum absolute atomic E-state index is 0.300. The molecule has 1 saturated heterocycles. The van der Waals surface area contributed by atoms with E-state index in [0.29, 0.717) is 24.5 Å². The minimum atomic E-state index is 0.300. The van der Waals surface area contributed by atoms with Crippen molar-refractivity contribution in [1.82, 2.24) is 10.2 Å². The fourth-order valence-corrected chi connectivity index (χ4v) is 2.06. The largest absolute Gasteiger partial charge is 0.337 e. The quantitative estimate of drug-likeness (QED) is 0.683. The van der Waals surface area contributed by atoms with E-state index in [1.54, 1.807) is 0 Å². The third kappa shape index (κ3) is 1.70. The third-order valence-corrected chi connectivity index (χ3v) is 3.29. The predicted molar refractivity (Wildman–Crippen MR) is 51.4 cm³/mol. The lowest BCUT2D eigenvalue weighted by molar-refractivity contribution is -0.137. The minimum Gasteiger partial charge on any atom is -0.337 e. The van der Waals surface area contributed by atoms with Crippen LogP contribution >= 0.6 is 0 Å². The van der Waals surface area contributed by atoms with Crippen LogP contribution in [0.15, 0.2) is 0 Å². The second-order valence-corrected chi connectivity index (χ2v) is 4.12. The number of hydrogen-bond donors (Lipinski definition) is 1. The van der Waals surface area contributed by atoms with E-state index in [2.05, 4.69) is 17.1 Å². The molecule has 0 aromatic carbocycles. The van der Waals surface area contributed by atoms with Gasteiger partial charge in [0.1, 0.15) is 0 Å². The van der Waals surface area contributed by atoms with Crippen LogP contribution < -0.4 is 5.32 Å². The summed E-state index contributed by atoms with van der Waals surface area (Å²) in [6.45, 7) is 3.65. The average Bonchev–Trinajstić information content (AvgIpc) is 2.06. The van der Waals surface area contributed by atoms with Gasteiger partial charge in [0, 0.05) is 18.6 Å². The Morgan fingerprint density at radius 3 is 2.85 bits per heavy atom. The Kier molecular flexibility index (Phi) is 2.54. The van der Waals surface area contributed by atoms with Crippen molar-refractivity contribution in [3.05, 3.63) is 0 Å². The molecule has 0 unspecified atom stereocenters. The van der Waals surface area contributed by atoms with Crippen molar-refractivity contribution in [3.8, 4) is 0 Å². The number of nitrogens with one attached hydrogen (secondary N) is 1. The Morgan fingerprint density at radius 1 is 1.54 bits per heavy atom. The van der Waals surface area contributed by atoms with E-state index in [1.807, 2.05) is 0 Å². The highest BCUT2D eigenvalue weighted by atomic mass is 16.2. The Morgan fingerprint density at radius 2 is 2.31 bits per heavy atom. The number of rotatable bonds is 2. The molecule has 1 aliphatic carbocycles. The lowest BCUT2D eigenvalue weighted by Crippen LogP contribution is -2.58. The van der Waals surface area contributed by atoms with Gasteiger partial charge in [-0.3, -0.25) is 4.79 Å². The van der Waals surface area contributed by atoms with Crippen LogP contribution in [0.2, 0.25) is 0 Å². The second-order valence-electron chi connectivity index (χ2n) is 4.12. The molecule has 1 amide bonds. The van der Waals surface area contributed by atoms with Gasteiger partial charge >= 0.3 is 0 Å². The molecule has 0 aromatic rings. The topological polar surface area (TPSA) is 32.3 Å². The van der Waals surface area contributed by atoms with Gasteiger partial charge in [-0.25, -0.2) is 0 Å². The Hall–Kier alpha value is -0.570. The first-order valence-electron chi connectivity index (χ1n) is 5.34. The van der Waals surface area contributed by atoms with Crippen molar-refractivity contribution < 1.29 is 4.79 Å². The van der Waals surface area contributed by atoms with E-state index < -0.39 is 0 Å². The molecular weight excluding hydrogens is 164 g/mol. The number of amides is 1. The number of carbonyl (C=O) groups is 1. The zero-order valence-electron chi connectivity index (χ0n) is 8.25. The summed E-state index contributed by atoms with van der Waals surface area (Å²) in [7, 11) is 0. The smallest absolute Gasteiger partial charge is 0.236 e. The zero-order chi connectivity index (χ0) is 9.26. The molecular formula is C10H18N2O. The summed E-state index contributed by atoms with van der Waals surface area (Å²) >= 11 is 0. The highest BCUT2D eigenvalue weighted by Crippen LogP contribution is 2.26. The SMILES string of the molecule is CC[C@H]1CN(C2CCC2)C(=O)CN1. The van der Waals surface area contributed by atoms with Crippen molar-refractivity contribution in [1.29, 1.82) is 0 Å². The highest BCUT2D eigenvalue weighted by Gasteiger charge is 2.32. The van der Waals surface area contributed by atoms with E-state index >= 15 is 0 Å². The number of carbonyl (C=O) groups excluding carboxylic acids is 1. The van der Waals surface area contributed by atoms with Crippen LogP contribution in [0.25, 0.3) is 0 Å². The number of nitrogens with zero attached hydrogens (tertiary/aromatic N) is 1. The fraction of sp³-hybridized carbons (Fsp3) is 0.900. The van der Waals surface area contributed by atoms with Gasteiger partial charge in [0.2, 0.25) is 5.91 Å². The van der Waals surface area contributed by atoms with Crippen LogP contribution in [0.5, 0.6) is 0 Å². The van der Waals surface area contributed by atoms with E-state index in [-0.39, 0.29) is 0 Å². The van der Waals surface area contributed by atoms with Crippen LogP contribution in [-0.2, 0) is 4.79 Å². The first kappa shape index (κ1) is 9.00. The highest BCUT2D eigenvalue weighted by molar-refractivity contribution is 5.79. The molecule has 74 valence electrons. The number of piperazine rings is 1. The van der Waals surface area contributed by atoms with Crippen LogP contribution in [-0.4, -0.2) is 36.0 Å². The molecule has 1 atom stereocenters. The van der Waals surface area contributed by atoms with Crippen LogP contribution in [0.1, 0.15) is 32.6 Å². The Balaban J connectivity index is 1.94. The molecule has 1 N–H and O–H groups in total. The van der Waals surface area contributed by atoms with Crippen molar-refractivity contribution in [2.75, 3.05) is 13.1 Å². The lowest BCUT2D eigenvalue weighted by Gasteiger charge is -2.42. The van der Waals surface area contributed by atoms with Crippen molar-refractivity contribution in [2.45, 2.75) is 44.7 Å². The molecule has 3 heteroatoms. The molecule has 1 saturated carbocycles. The molecule has 0 spiro atoms. The molecule has 0 aromatic heterocycles. The van der Waals surface area contributed by atoms with Crippen molar-refractivity contribution >= 4 is 5.91 Å². The van der Waals surface area contributed by atoms with Crippen LogP contribution in [0.4, 0.5) is 0 Å². The van der Waals surface area contributed by atoms with Gasteiger partial charge in [-0.1, -0.05) is 6.92 Å². The molecule has 3 nitrogen and oxygen atoms in total. The number of hydrogen-bond acceptors (Lipinski definition) is 2. The summed E-state index contributed by atoms with van der Waals surface area (Å²) in [5.74, 6) is 0.300. The first-order valence-corrected chi connectivity index (χ1v) is 5.34. The summed E-state index contributed by atoms with van der Waals surface area (Å²) in [5, 5.41) is 3.26. The van der Waals surface area contributed by atoms with Crippen molar-refractivity contribution in [3.63, 3.8) is 0 Å². The van der Waals surface area contributed by atoms with E-state index in [4.69, 9.17) is 0 Å². The zero-order valence-corrected chi connectivity index (χ0v) is 8.25. The predicted octanol–water partition coefficient (Wildman–Crippen LogP) is 0.749. The molecule has 1 heterocycles. The van der Waals surface area contributed by atoms with Gasteiger partial charge in [-0.05, 0) is 25.7 Å². The first-order chi connectivity index (χ1) is 6.31. The van der Waals surface area contributed by atoms with Crippen LogP contribution in [0.3, 0.4) is 0 Å². The Bertz CT molecular complexity index is 201. The molecule has 2 aliphatic rings. The second kappa shape index (κ2) is 3.66. The maximum absolute atomic E-state index is 11.6. The third-order valence-electron chi connectivity index (χ3n) is 3.29. The van der Waals surface area contributed by atoms with Crippen LogP contribution in [0, 0.1) is 0 Å². The molecule has 2 rings (SSSR count). The van der Waals surface area contributed by atoms with Gasteiger partial charge in [0.25, 0.3) is 0 Å². The Labute approximate surface area is 79.5 Å². The van der Waals surface area contributed by atoms with Gasteiger partial charge < -0.3 is 10.2 Å². The van der Waals surface area contributed by atoms with Gasteiger partial charge in [0.15, 0.2) is 0 Å². The van der Waals surface area contributed by atoms with Gasteiger partial charge in [-0.2, -0.15) is 0 Å². The van der Waals surface area contributed by atoms with Crippen molar-refractivity contribution in [2.24, 2.45) is 0 Å². The molecule has 1 aliphatic heterocycles. The molecule has 2 fully saturated rings. The van der Waals surface area contributed by atoms with E-state index in [9.17, 15) is 4.79 Å². The summed E-state index contributed by atoms with van der Waals surface area (Å²) in [6.07, 6.45) is 4.87. The van der Waals surface area contributed by atoms with Gasteiger partial charge in [0.05, 0.1) is 6.54 Å². The fourth-order valence-electron chi connectivity index (χ4n) is 2.06. The summed E-state index contributed by atoms with van der Waals surface area (Å²) in [5.41, 5.74) is 0. The monoisotopic (exact) mass is 182 g/mol. The lowest BCUT2D eigenvalue weighted by atomic mass is 9.90. The normalized spacial score (nSPS) is 30.4. The van der Waals surface area contributed by atoms with Gasteiger partial charge in [-0.15, -0.1) is 0 Å². The molecule has 13 heavy (non-hydrogen) atoms. The summed E-state index contributed by atoms with van der Waals surface area (Å²) in [4.78, 5) is 13.6. The van der Waals surface area contributed by atoms with E-state index in [1.165, 1.54) is 19.3 Å². The maximum Gasteiger partial charge on any atom is 0.236 e. The molecule has 0 radical (unpaired) electrons. The summed E-state index contributed by atoms with van der Waals surface area (Å²) < 4.78 is 0. The van der Waals surface area contributed by atoms with E-state index in [0.717, 1.165) is 13.0 Å². The standard InChI is InChI=1S/C10H18N2O/c1-2-8-7-12(9-4-3-5-9)10(13)6-11-8/h8-9,11H,2-7H2,1H3/t8-/m0/s1. The molecule has 0 bridgehead atoms. The maximum atomic E-state index is 11.6. The average molecular weight is 182 g/mol.